The maximum Gasteiger partial charge on any atom is 0.313 e. The Morgan fingerprint density at radius 2 is 1.35 bits per heavy atom. The van der Waals surface area contributed by atoms with E-state index in [1.54, 1.807) is 27.7 Å². The molecule has 0 radical (unpaired) electrons. The molecule has 0 bridgehead atoms. The fourth-order valence-corrected chi connectivity index (χ4v) is 4.43. The van der Waals surface area contributed by atoms with Crippen LogP contribution in [0.5, 0.6) is 0 Å². The molecule has 1 aliphatic rings. The Hall–Kier alpha value is -1.97. The number of rotatable bonds is 11. The van der Waals surface area contributed by atoms with E-state index in [1.807, 2.05) is 13.8 Å². The van der Waals surface area contributed by atoms with E-state index >= 15 is 0 Å². The van der Waals surface area contributed by atoms with Crippen molar-refractivity contribution < 1.29 is 37.1 Å². The maximum absolute atomic E-state index is 12.0. The van der Waals surface area contributed by atoms with E-state index in [-0.39, 0.29) is 42.5 Å². The fraction of sp³-hybridized carbons (Fsp3) is 0.833. The van der Waals surface area contributed by atoms with Crippen molar-refractivity contribution >= 4 is 33.7 Å². The van der Waals surface area contributed by atoms with Gasteiger partial charge in [-0.1, -0.05) is 47.0 Å². The summed E-state index contributed by atoms with van der Waals surface area (Å²) in [5, 5.41) is -0.382. The average molecular weight is 506 g/mol. The van der Waals surface area contributed by atoms with Crippen LogP contribution in [0.4, 0.5) is 0 Å². The van der Waals surface area contributed by atoms with Crippen LogP contribution in [0.3, 0.4) is 0 Å². The zero-order chi connectivity index (χ0) is 26.6. The van der Waals surface area contributed by atoms with Crippen molar-refractivity contribution in [3.05, 3.63) is 0 Å². The Kier molecular flexibility index (Phi) is 13.6. The highest BCUT2D eigenvalue weighted by molar-refractivity contribution is 7.90. The summed E-state index contributed by atoms with van der Waals surface area (Å²) >= 11 is 0. The molecule has 198 valence electrons. The highest BCUT2D eigenvalue weighted by Gasteiger charge is 2.33. The molecule has 0 aliphatic heterocycles. The molecule has 1 N–H and O–H groups in total. The Bertz CT molecular complexity index is 796. The van der Waals surface area contributed by atoms with Gasteiger partial charge in [0.2, 0.25) is 15.9 Å². The van der Waals surface area contributed by atoms with Gasteiger partial charge in [-0.3, -0.25) is 23.9 Å². The molecule has 1 rings (SSSR count). The van der Waals surface area contributed by atoms with Gasteiger partial charge in [-0.25, -0.2) is 8.42 Å². The summed E-state index contributed by atoms with van der Waals surface area (Å²) in [5.41, 5.74) is -1.15. The first-order chi connectivity index (χ1) is 15.6. The number of hydrogen-bond donors (Lipinski definition) is 1. The molecule has 0 aromatic rings. The van der Waals surface area contributed by atoms with E-state index in [0.717, 1.165) is 19.3 Å². The van der Waals surface area contributed by atoms with E-state index in [2.05, 4.69) is 4.72 Å². The molecule has 0 atom stereocenters. The Morgan fingerprint density at radius 1 is 0.853 bits per heavy atom. The van der Waals surface area contributed by atoms with Crippen molar-refractivity contribution in [2.45, 2.75) is 105 Å². The zero-order valence-corrected chi connectivity index (χ0v) is 22.6. The Morgan fingerprint density at radius 3 is 1.82 bits per heavy atom. The lowest BCUT2D eigenvalue weighted by Gasteiger charge is -2.26. The number of ketones is 1. The lowest BCUT2D eigenvalue weighted by atomic mass is 9.90. The third kappa shape index (κ3) is 11.9. The van der Waals surface area contributed by atoms with Crippen LogP contribution in [0.2, 0.25) is 0 Å². The van der Waals surface area contributed by atoms with E-state index in [0.29, 0.717) is 25.7 Å². The topological polar surface area (TPSA) is 133 Å². The first kappa shape index (κ1) is 32.0. The van der Waals surface area contributed by atoms with Crippen molar-refractivity contribution in [3.63, 3.8) is 0 Å². The molecule has 0 unspecified atom stereocenters. The summed E-state index contributed by atoms with van der Waals surface area (Å²) in [5.74, 6) is -1.55. The van der Waals surface area contributed by atoms with E-state index in [4.69, 9.17) is 9.47 Å². The second-order valence-corrected chi connectivity index (χ2v) is 11.9. The number of nitrogens with one attached hydrogen (secondary N) is 1. The highest BCUT2D eigenvalue weighted by atomic mass is 32.2. The molecule has 9 nitrogen and oxygen atoms in total. The largest absolute Gasteiger partial charge is 0.462 e. The highest BCUT2D eigenvalue weighted by Crippen LogP contribution is 2.25. The number of esters is 2. The molecule has 34 heavy (non-hydrogen) atoms. The number of hydrogen-bond acceptors (Lipinski definition) is 8. The average Bonchev–Trinajstić information content (AvgIpc) is 2.76. The van der Waals surface area contributed by atoms with Gasteiger partial charge in [0.1, 0.15) is 25.4 Å². The van der Waals surface area contributed by atoms with Crippen LogP contribution >= 0.6 is 0 Å². The van der Waals surface area contributed by atoms with Crippen molar-refractivity contribution in [3.8, 4) is 0 Å². The van der Waals surface area contributed by atoms with Gasteiger partial charge in [-0.2, -0.15) is 0 Å². The maximum atomic E-state index is 12.0. The number of carbonyl (C=O) groups is 4. The summed E-state index contributed by atoms with van der Waals surface area (Å²) in [6.07, 6.45) is 5.39. The third-order valence-corrected chi connectivity index (χ3v) is 7.95. The van der Waals surface area contributed by atoms with E-state index in [1.165, 1.54) is 6.92 Å². The molecule has 1 aliphatic carbocycles. The Balaban J connectivity index is 0.000000641. The summed E-state index contributed by atoms with van der Waals surface area (Å²) < 4.78 is 36.0. The first-order valence-electron chi connectivity index (χ1n) is 12.0. The lowest BCUT2D eigenvalue weighted by Crippen LogP contribution is -2.44. The van der Waals surface area contributed by atoms with Gasteiger partial charge in [-0.15, -0.1) is 0 Å². The van der Waals surface area contributed by atoms with Crippen molar-refractivity contribution in [1.82, 2.24) is 4.72 Å². The molecule has 0 heterocycles. The smallest absolute Gasteiger partial charge is 0.313 e. The van der Waals surface area contributed by atoms with Crippen LogP contribution in [-0.4, -0.2) is 50.5 Å². The predicted octanol–water partition coefficient (Wildman–Crippen LogP) is 3.69. The van der Waals surface area contributed by atoms with Crippen molar-refractivity contribution in [2.24, 2.45) is 10.8 Å². The molecule has 1 fully saturated rings. The molecule has 1 amide bonds. The number of amides is 1. The Labute approximate surface area is 204 Å². The van der Waals surface area contributed by atoms with Gasteiger partial charge in [-0.05, 0) is 46.5 Å². The second-order valence-electron chi connectivity index (χ2n) is 9.95. The summed E-state index contributed by atoms with van der Waals surface area (Å²) in [6.45, 7) is 12.2. The van der Waals surface area contributed by atoms with Gasteiger partial charge >= 0.3 is 11.9 Å². The van der Waals surface area contributed by atoms with E-state index in [9.17, 15) is 27.6 Å². The molecule has 0 saturated heterocycles. The van der Waals surface area contributed by atoms with Crippen LogP contribution in [-0.2, 0) is 38.7 Å². The van der Waals surface area contributed by atoms with Crippen molar-refractivity contribution in [2.75, 3.05) is 13.2 Å². The number of ether oxygens (including phenoxy) is 2. The van der Waals surface area contributed by atoms with Crippen LogP contribution in [0.25, 0.3) is 0 Å². The third-order valence-electron chi connectivity index (χ3n) is 6.13. The molecule has 0 aromatic heterocycles. The molecule has 10 heteroatoms. The quantitative estimate of drug-likeness (QED) is 0.255. The normalized spacial score (nSPS) is 14.9. The van der Waals surface area contributed by atoms with Crippen LogP contribution in [0, 0.1) is 10.8 Å². The van der Waals surface area contributed by atoms with Gasteiger partial charge in [0.25, 0.3) is 0 Å². The van der Waals surface area contributed by atoms with Gasteiger partial charge in [0.05, 0.1) is 10.7 Å². The minimum absolute atomic E-state index is 0.0162. The molecular formula is C24H43NO8S. The van der Waals surface area contributed by atoms with Gasteiger partial charge in [0.15, 0.2) is 0 Å². The monoisotopic (exact) mass is 505 g/mol. The molecule has 0 aromatic carbocycles. The fourth-order valence-electron chi connectivity index (χ4n) is 2.77. The summed E-state index contributed by atoms with van der Waals surface area (Å²) in [6, 6.07) is 0. The molecule has 0 spiro atoms. The number of Topliss-reactive ketones (excluding diaryl/α,β-unsaturated/α-hetero) is 1. The molecular weight excluding hydrogens is 462 g/mol. The zero-order valence-electron chi connectivity index (χ0n) is 21.8. The minimum atomic E-state index is -3.48. The summed E-state index contributed by atoms with van der Waals surface area (Å²) in [4.78, 5) is 44.9. The van der Waals surface area contributed by atoms with Crippen LogP contribution < -0.4 is 4.72 Å². The number of sulfonamides is 1. The lowest BCUT2D eigenvalue weighted by molar-refractivity contribution is -0.159. The summed E-state index contributed by atoms with van der Waals surface area (Å²) in [7, 11) is -3.48. The molecule has 1 saturated carbocycles. The van der Waals surface area contributed by atoms with Crippen LogP contribution in [0.15, 0.2) is 0 Å². The predicted molar refractivity (Wildman–Crippen MR) is 129 cm³/mol. The van der Waals surface area contributed by atoms with Gasteiger partial charge < -0.3 is 9.47 Å². The van der Waals surface area contributed by atoms with Crippen LogP contribution in [0.1, 0.15) is 99.8 Å². The van der Waals surface area contributed by atoms with Crippen molar-refractivity contribution in [1.29, 1.82) is 0 Å². The number of carbonyl (C=O) groups excluding carboxylic acids is 4. The van der Waals surface area contributed by atoms with Gasteiger partial charge in [0, 0.05) is 5.41 Å². The SMILES string of the molecule is CCC(C)(C)C(=O)NS(=O)(=O)C1CCCCC1.CCC(C)(C)C(=O)OCCOC(=O)CC(C)=O. The minimum Gasteiger partial charge on any atom is -0.462 e. The van der Waals surface area contributed by atoms with E-state index < -0.39 is 26.8 Å². The first-order valence-corrected chi connectivity index (χ1v) is 13.5. The second kappa shape index (κ2) is 14.4. The standard InChI is InChI=1S/C12H23NO3S.C12H20O5/c1-4-12(2,3)11(14)13-17(15,16)10-8-6-5-7-9-10;1-5-12(3,4)11(15)17-7-6-16-10(14)8-9(2)13/h10H,4-9H2,1-3H3,(H,13,14);5-8H2,1-4H3.